The van der Waals surface area contributed by atoms with Gasteiger partial charge in [-0.25, -0.2) is 0 Å². The second-order valence-electron chi connectivity index (χ2n) is 5.74. The maximum Gasteiger partial charge on any atom is 0.0777 e. The van der Waals surface area contributed by atoms with Gasteiger partial charge in [0, 0.05) is 17.7 Å². The molecule has 0 spiro atoms. The van der Waals surface area contributed by atoms with E-state index in [0.29, 0.717) is 6.61 Å². The van der Waals surface area contributed by atoms with Crippen LogP contribution in [-0.2, 0) is 11.2 Å². The SMILES string of the molecule is CCOC(C(N)Cc1ccc(Cl)cc1)C(C)(C)C. The number of hydrogen-bond donors (Lipinski definition) is 1. The van der Waals surface area contributed by atoms with Crippen LogP contribution in [0.5, 0.6) is 0 Å². The van der Waals surface area contributed by atoms with E-state index in [-0.39, 0.29) is 17.6 Å². The molecule has 2 nitrogen and oxygen atoms in total. The largest absolute Gasteiger partial charge is 0.376 e. The molecule has 0 fully saturated rings. The Kier molecular flexibility index (Phi) is 5.64. The number of rotatable bonds is 5. The van der Waals surface area contributed by atoms with E-state index in [9.17, 15) is 0 Å². The van der Waals surface area contributed by atoms with Crippen molar-refractivity contribution in [2.75, 3.05) is 6.61 Å². The first-order valence-electron chi connectivity index (χ1n) is 6.46. The van der Waals surface area contributed by atoms with Crippen LogP contribution in [0.2, 0.25) is 5.02 Å². The van der Waals surface area contributed by atoms with Crippen LogP contribution in [0, 0.1) is 5.41 Å². The Labute approximate surface area is 115 Å². The molecule has 18 heavy (non-hydrogen) atoms. The lowest BCUT2D eigenvalue weighted by molar-refractivity contribution is -0.0274. The van der Waals surface area contributed by atoms with Gasteiger partial charge in [-0.05, 0) is 36.5 Å². The minimum absolute atomic E-state index is 0.00822. The Hall–Kier alpha value is -0.570. The van der Waals surface area contributed by atoms with Gasteiger partial charge in [-0.2, -0.15) is 0 Å². The molecule has 0 aliphatic rings. The van der Waals surface area contributed by atoms with Crippen molar-refractivity contribution in [1.82, 2.24) is 0 Å². The van der Waals surface area contributed by atoms with E-state index in [1.807, 2.05) is 31.2 Å². The number of benzene rings is 1. The smallest absolute Gasteiger partial charge is 0.0777 e. The third-order valence-corrected chi connectivity index (χ3v) is 3.23. The lowest BCUT2D eigenvalue weighted by atomic mass is 9.83. The number of hydrogen-bond acceptors (Lipinski definition) is 2. The number of ether oxygens (including phenoxy) is 1. The van der Waals surface area contributed by atoms with Gasteiger partial charge in [0.2, 0.25) is 0 Å². The van der Waals surface area contributed by atoms with E-state index in [2.05, 4.69) is 20.8 Å². The van der Waals surface area contributed by atoms with Crippen molar-refractivity contribution in [2.45, 2.75) is 46.3 Å². The molecule has 2 N–H and O–H groups in total. The monoisotopic (exact) mass is 269 g/mol. The summed E-state index contributed by atoms with van der Waals surface area (Å²) in [6, 6.07) is 7.83. The van der Waals surface area contributed by atoms with Gasteiger partial charge < -0.3 is 10.5 Å². The fourth-order valence-electron chi connectivity index (χ4n) is 2.20. The quantitative estimate of drug-likeness (QED) is 0.885. The van der Waals surface area contributed by atoms with Gasteiger partial charge in [0.05, 0.1) is 6.10 Å². The molecule has 1 aromatic carbocycles. The predicted octanol–water partition coefficient (Wildman–Crippen LogP) is 3.66. The van der Waals surface area contributed by atoms with E-state index in [1.54, 1.807) is 0 Å². The Morgan fingerprint density at radius 3 is 2.22 bits per heavy atom. The first kappa shape index (κ1) is 15.5. The van der Waals surface area contributed by atoms with Gasteiger partial charge in [-0.1, -0.05) is 44.5 Å². The molecule has 0 amide bonds. The van der Waals surface area contributed by atoms with E-state index in [0.717, 1.165) is 11.4 Å². The number of nitrogens with two attached hydrogens (primary N) is 1. The van der Waals surface area contributed by atoms with Crippen molar-refractivity contribution in [3.05, 3.63) is 34.9 Å². The van der Waals surface area contributed by atoms with Crippen molar-refractivity contribution in [3.63, 3.8) is 0 Å². The molecule has 0 aliphatic carbocycles. The van der Waals surface area contributed by atoms with Crippen LogP contribution >= 0.6 is 11.6 Å². The van der Waals surface area contributed by atoms with Crippen LogP contribution in [-0.4, -0.2) is 18.8 Å². The molecule has 0 aromatic heterocycles. The molecule has 0 saturated carbocycles. The summed E-state index contributed by atoms with van der Waals surface area (Å²) in [4.78, 5) is 0. The molecule has 0 radical (unpaired) electrons. The van der Waals surface area contributed by atoms with Crippen molar-refractivity contribution in [1.29, 1.82) is 0 Å². The topological polar surface area (TPSA) is 35.2 Å². The highest BCUT2D eigenvalue weighted by molar-refractivity contribution is 6.30. The standard InChI is InChI=1S/C15H24ClNO/c1-5-18-14(15(2,3)4)13(17)10-11-6-8-12(16)9-7-11/h6-9,13-14H,5,10,17H2,1-4H3. The average molecular weight is 270 g/mol. The fourth-order valence-corrected chi connectivity index (χ4v) is 2.32. The highest BCUT2D eigenvalue weighted by Gasteiger charge is 2.30. The molecular weight excluding hydrogens is 246 g/mol. The van der Waals surface area contributed by atoms with Crippen molar-refractivity contribution >= 4 is 11.6 Å². The normalized spacial score (nSPS) is 15.4. The summed E-state index contributed by atoms with van der Waals surface area (Å²) < 4.78 is 5.81. The summed E-state index contributed by atoms with van der Waals surface area (Å²) in [5, 5.41) is 0.754. The summed E-state index contributed by atoms with van der Waals surface area (Å²) in [5.74, 6) is 0. The molecule has 0 heterocycles. The zero-order valence-electron chi connectivity index (χ0n) is 11.7. The van der Waals surface area contributed by atoms with Gasteiger partial charge in [0.1, 0.15) is 0 Å². The fraction of sp³-hybridized carbons (Fsp3) is 0.600. The molecule has 2 unspecified atom stereocenters. The van der Waals surface area contributed by atoms with E-state index in [1.165, 1.54) is 5.56 Å². The molecule has 0 bridgehead atoms. The first-order chi connectivity index (χ1) is 8.34. The maximum atomic E-state index is 6.30. The molecule has 0 aliphatic heterocycles. The lowest BCUT2D eigenvalue weighted by Crippen LogP contribution is -2.46. The Balaban J connectivity index is 2.72. The molecule has 1 aromatic rings. The Morgan fingerprint density at radius 2 is 1.78 bits per heavy atom. The lowest BCUT2D eigenvalue weighted by Gasteiger charge is -2.35. The summed E-state index contributed by atoms with van der Waals surface area (Å²) in [5.41, 5.74) is 7.54. The summed E-state index contributed by atoms with van der Waals surface area (Å²) in [6.45, 7) is 9.18. The van der Waals surface area contributed by atoms with Crippen LogP contribution < -0.4 is 5.73 Å². The van der Waals surface area contributed by atoms with Crippen LogP contribution in [0.1, 0.15) is 33.3 Å². The van der Waals surface area contributed by atoms with Crippen LogP contribution in [0.15, 0.2) is 24.3 Å². The van der Waals surface area contributed by atoms with E-state index in [4.69, 9.17) is 22.1 Å². The summed E-state index contributed by atoms with van der Waals surface area (Å²) >= 11 is 5.88. The van der Waals surface area contributed by atoms with E-state index < -0.39 is 0 Å². The Bertz CT molecular complexity index is 356. The minimum Gasteiger partial charge on any atom is -0.376 e. The highest BCUT2D eigenvalue weighted by Crippen LogP contribution is 2.26. The van der Waals surface area contributed by atoms with Gasteiger partial charge in [0.15, 0.2) is 0 Å². The zero-order chi connectivity index (χ0) is 13.8. The maximum absolute atomic E-state index is 6.30. The average Bonchev–Trinajstić information content (AvgIpc) is 2.27. The molecule has 1 rings (SSSR count). The summed E-state index contributed by atoms with van der Waals surface area (Å²) in [7, 11) is 0. The van der Waals surface area contributed by atoms with Crippen LogP contribution in [0.3, 0.4) is 0 Å². The second-order valence-corrected chi connectivity index (χ2v) is 6.17. The van der Waals surface area contributed by atoms with Gasteiger partial charge in [0.25, 0.3) is 0 Å². The Morgan fingerprint density at radius 1 is 1.22 bits per heavy atom. The van der Waals surface area contributed by atoms with E-state index >= 15 is 0 Å². The third kappa shape index (κ3) is 4.60. The minimum atomic E-state index is -0.00822. The molecule has 3 heteroatoms. The molecule has 2 atom stereocenters. The van der Waals surface area contributed by atoms with Gasteiger partial charge in [-0.3, -0.25) is 0 Å². The van der Waals surface area contributed by atoms with Crippen molar-refractivity contribution in [3.8, 4) is 0 Å². The highest BCUT2D eigenvalue weighted by atomic mass is 35.5. The van der Waals surface area contributed by atoms with Gasteiger partial charge >= 0.3 is 0 Å². The van der Waals surface area contributed by atoms with Crippen LogP contribution in [0.25, 0.3) is 0 Å². The molecule has 0 saturated heterocycles. The summed E-state index contributed by atoms with van der Waals surface area (Å²) in [6.07, 6.45) is 0.859. The molecular formula is C15H24ClNO. The van der Waals surface area contributed by atoms with Crippen molar-refractivity contribution in [2.24, 2.45) is 11.1 Å². The van der Waals surface area contributed by atoms with Crippen LogP contribution in [0.4, 0.5) is 0 Å². The van der Waals surface area contributed by atoms with Gasteiger partial charge in [-0.15, -0.1) is 0 Å². The zero-order valence-corrected chi connectivity index (χ0v) is 12.5. The molecule has 102 valence electrons. The predicted molar refractivity (Wildman–Crippen MR) is 78.0 cm³/mol. The third-order valence-electron chi connectivity index (χ3n) is 2.97. The van der Waals surface area contributed by atoms with Crippen molar-refractivity contribution < 1.29 is 4.74 Å². The number of halogens is 1. The second kappa shape index (κ2) is 6.55. The first-order valence-corrected chi connectivity index (χ1v) is 6.84.